The van der Waals surface area contributed by atoms with Gasteiger partial charge in [-0.25, -0.2) is 4.79 Å². The number of ether oxygens (including phenoxy) is 2. The number of benzene rings is 1. The van der Waals surface area contributed by atoms with E-state index in [0.29, 0.717) is 11.1 Å². The van der Waals surface area contributed by atoms with Gasteiger partial charge in [-0.15, -0.1) is 0 Å². The fraction of sp³-hybridized carbons (Fsp3) is 0.526. The zero-order valence-electron chi connectivity index (χ0n) is 16.5. The summed E-state index contributed by atoms with van der Waals surface area (Å²) in [6.07, 6.45) is -12.0. The smallest absolute Gasteiger partial charge is 0.423 e. The number of halogens is 6. The Morgan fingerprint density at radius 2 is 1.52 bits per heavy atom. The lowest BCUT2D eigenvalue weighted by Gasteiger charge is -2.36. The van der Waals surface area contributed by atoms with Crippen molar-refractivity contribution in [2.75, 3.05) is 6.61 Å². The molecule has 164 valence electrons. The van der Waals surface area contributed by atoms with Crippen molar-refractivity contribution in [1.82, 2.24) is 0 Å². The van der Waals surface area contributed by atoms with E-state index in [2.05, 4.69) is 6.58 Å². The van der Waals surface area contributed by atoms with E-state index in [1.54, 1.807) is 6.92 Å². The monoisotopic (exact) mass is 428 g/mol. The van der Waals surface area contributed by atoms with Crippen LogP contribution in [-0.2, 0) is 15.1 Å². The maximum Gasteiger partial charge on any atom is 0.428 e. The maximum atomic E-state index is 12.9. The van der Waals surface area contributed by atoms with Gasteiger partial charge in [0.15, 0.2) is 0 Å². The second kappa shape index (κ2) is 7.98. The molecule has 0 saturated heterocycles. The zero-order valence-corrected chi connectivity index (χ0v) is 16.5. The highest BCUT2D eigenvalue weighted by atomic mass is 19.4. The van der Waals surface area contributed by atoms with Crippen molar-refractivity contribution in [3.63, 3.8) is 0 Å². The number of esters is 1. The minimum absolute atomic E-state index is 0.147. The molecule has 1 N–H and O–H groups in total. The molecule has 0 spiro atoms. The molecule has 0 radical (unpaired) electrons. The molecule has 1 aromatic carbocycles. The van der Waals surface area contributed by atoms with Crippen molar-refractivity contribution in [3.05, 3.63) is 41.0 Å². The van der Waals surface area contributed by atoms with Crippen LogP contribution in [0.1, 0.15) is 37.5 Å². The number of carbonyl (C=O) groups excluding carboxylic acids is 1. The number of aliphatic hydroxyl groups is 1. The van der Waals surface area contributed by atoms with Gasteiger partial charge in [0.05, 0.1) is 12.2 Å². The Hall–Kier alpha value is -2.07. The molecule has 0 aliphatic carbocycles. The molecule has 0 bridgehead atoms. The highest BCUT2D eigenvalue weighted by Gasteiger charge is 2.71. The van der Waals surface area contributed by atoms with E-state index in [4.69, 9.17) is 9.47 Å². The van der Waals surface area contributed by atoms with Gasteiger partial charge in [-0.05, 0) is 63.4 Å². The summed E-state index contributed by atoms with van der Waals surface area (Å²) >= 11 is 0. The second-order valence-electron chi connectivity index (χ2n) is 7.26. The first-order valence-corrected chi connectivity index (χ1v) is 8.32. The van der Waals surface area contributed by atoms with Gasteiger partial charge in [0.25, 0.3) is 5.60 Å². The summed E-state index contributed by atoms with van der Waals surface area (Å²) in [7, 11) is 0. The van der Waals surface area contributed by atoms with E-state index in [-0.39, 0.29) is 16.9 Å². The summed E-state index contributed by atoms with van der Waals surface area (Å²) < 4.78 is 87.2. The molecule has 0 saturated carbocycles. The number of aryl methyl sites for hydroxylation is 2. The van der Waals surface area contributed by atoms with Gasteiger partial charge in [-0.3, -0.25) is 0 Å². The zero-order chi connectivity index (χ0) is 23.0. The van der Waals surface area contributed by atoms with Gasteiger partial charge in [0, 0.05) is 5.57 Å². The molecule has 1 rings (SSSR count). The molecule has 0 aliphatic rings. The number of rotatable bonds is 6. The van der Waals surface area contributed by atoms with Crippen molar-refractivity contribution < 1.29 is 45.7 Å². The Bertz CT molecular complexity index is 779. The Morgan fingerprint density at radius 1 is 1.03 bits per heavy atom. The highest BCUT2D eigenvalue weighted by Crippen LogP contribution is 2.44. The van der Waals surface area contributed by atoms with Crippen LogP contribution in [0.4, 0.5) is 26.3 Å². The van der Waals surface area contributed by atoms with Crippen LogP contribution >= 0.6 is 0 Å². The van der Waals surface area contributed by atoms with E-state index in [1.165, 1.54) is 39.8 Å². The molecule has 4 nitrogen and oxygen atoms in total. The Balaban J connectivity index is 3.22. The third-order valence-electron chi connectivity index (χ3n) is 4.30. The number of hydrogen-bond donors (Lipinski definition) is 1. The van der Waals surface area contributed by atoms with Gasteiger partial charge >= 0.3 is 18.3 Å². The van der Waals surface area contributed by atoms with Gasteiger partial charge in [-0.2, -0.15) is 26.3 Å². The van der Waals surface area contributed by atoms with Crippen LogP contribution < -0.4 is 4.74 Å². The molecule has 29 heavy (non-hydrogen) atoms. The van der Waals surface area contributed by atoms with Crippen molar-refractivity contribution >= 4 is 5.97 Å². The summed E-state index contributed by atoms with van der Waals surface area (Å²) in [5.74, 6) is -0.520. The first-order valence-electron chi connectivity index (χ1n) is 8.32. The first kappa shape index (κ1) is 25.0. The molecule has 1 aromatic rings. The number of hydrogen-bond acceptors (Lipinski definition) is 4. The van der Waals surface area contributed by atoms with Gasteiger partial charge < -0.3 is 14.6 Å². The Morgan fingerprint density at radius 3 is 1.93 bits per heavy atom. The fourth-order valence-corrected chi connectivity index (χ4v) is 2.42. The van der Waals surface area contributed by atoms with Crippen LogP contribution in [0.25, 0.3) is 0 Å². The molecule has 0 aliphatic heterocycles. The van der Waals surface area contributed by atoms with E-state index < -0.39 is 36.1 Å². The average molecular weight is 428 g/mol. The van der Waals surface area contributed by atoms with Crippen LogP contribution in [-0.4, -0.2) is 35.6 Å². The fourth-order valence-electron chi connectivity index (χ4n) is 2.42. The lowest BCUT2D eigenvalue weighted by atomic mass is 9.91. The summed E-state index contributed by atoms with van der Waals surface area (Å²) in [6, 6.07) is 2.84. The topological polar surface area (TPSA) is 55.8 Å². The predicted molar refractivity (Wildman–Crippen MR) is 92.4 cm³/mol. The van der Waals surface area contributed by atoms with Crippen LogP contribution in [0.2, 0.25) is 0 Å². The lowest BCUT2D eigenvalue weighted by molar-refractivity contribution is -0.382. The normalized spacial score (nSPS) is 13.4. The van der Waals surface area contributed by atoms with E-state index in [0.717, 1.165) is 0 Å². The van der Waals surface area contributed by atoms with Gasteiger partial charge in [0.2, 0.25) is 0 Å². The molecular formula is C19H22F6O4. The molecule has 0 heterocycles. The van der Waals surface area contributed by atoms with Crippen molar-refractivity contribution in [1.29, 1.82) is 0 Å². The third-order valence-corrected chi connectivity index (χ3v) is 4.30. The molecule has 10 heteroatoms. The summed E-state index contributed by atoms with van der Waals surface area (Å²) in [5, 5.41) is 9.27. The number of carbonyl (C=O) groups is 1. The second-order valence-corrected chi connectivity index (χ2v) is 7.26. The molecule has 0 amide bonds. The van der Waals surface area contributed by atoms with E-state index in [1.807, 2.05) is 0 Å². The van der Waals surface area contributed by atoms with Crippen LogP contribution in [0, 0.1) is 13.8 Å². The predicted octanol–water partition coefficient (Wildman–Crippen LogP) is 4.89. The number of alkyl halides is 6. The summed E-state index contributed by atoms with van der Waals surface area (Å²) in [6.45, 7) is 8.44. The van der Waals surface area contributed by atoms with Crippen LogP contribution in [0.5, 0.6) is 5.75 Å². The standard InChI is InChI=1S/C19H22F6O4/c1-10(2)15(26)29-14-8-11(3)13(7-12(14)4)16(5,6)28-9-17(27,18(20,21)22)19(23,24)25/h7-8,27H,1,9H2,2-6H3. The quantitative estimate of drug-likeness (QED) is 0.303. The molecule has 0 fully saturated rings. The first-order chi connectivity index (χ1) is 12.8. The van der Waals surface area contributed by atoms with Crippen molar-refractivity contribution in [2.24, 2.45) is 0 Å². The molecule has 0 atom stereocenters. The SMILES string of the molecule is C=C(C)C(=O)Oc1cc(C)c(C(C)(C)OCC(O)(C(F)(F)F)C(F)(F)F)cc1C. The maximum absolute atomic E-state index is 12.9. The van der Waals surface area contributed by atoms with Crippen molar-refractivity contribution in [3.8, 4) is 5.75 Å². The Kier molecular flexibility index (Phi) is 6.87. The Labute approximate surface area is 164 Å². The van der Waals surface area contributed by atoms with Gasteiger partial charge in [0.1, 0.15) is 5.75 Å². The highest BCUT2D eigenvalue weighted by molar-refractivity contribution is 5.89. The van der Waals surface area contributed by atoms with E-state index >= 15 is 0 Å². The minimum atomic E-state index is -5.98. The van der Waals surface area contributed by atoms with Crippen LogP contribution in [0.15, 0.2) is 24.3 Å². The van der Waals surface area contributed by atoms with Crippen LogP contribution in [0.3, 0.4) is 0 Å². The molecular weight excluding hydrogens is 406 g/mol. The van der Waals surface area contributed by atoms with Gasteiger partial charge in [-0.1, -0.05) is 6.58 Å². The van der Waals surface area contributed by atoms with Crippen molar-refractivity contribution in [2.45, 2.75) is 58.2 Å². The lowest BCUT2D eigenvalue weighted by Crippen LogP contribution is -2.60. The minimum Gasteiger partial charge on any atom is -0.423 e. The summed E-state index contributed by atoms with van der Waals surface area (Å²) in [5.41, 5.74) is -5.44. The largest absolute Gasteiger partial charge is 0.428 e. The summed E-state index contributed by atoms with van der Waals surface area (Å²) in [4.78, 5) is 11.7. The molecule has 0 unspecified atom stereocenters. The molecule has 0 aromatic heterocycles. The van der Waals surface area contributed by atoms with E-state index in [9.17, 15) is 36.2 Å². The average Bonchev–Trinajstić information content (AvgIpc) is 2.53. The third kappa shape index (κ3) is 5.30.